The summed E-state index contributed by atoms with van der Waals surface area (Å²) in [6.07, 6.45) is 2.87. The quantitative estimate of drug-likeness (QED) is 0.758. The first-order valence-electron chi connectivity index (χ1n) is 9.61. The summed E-state index contributed by atoms with van der Waals surface area (Å²) in [5, 5.41) is 5.46. The molecule has 1 aliphatic rings. The van der Waals surface area contributed by atoms with Crippen LogP contribution in [0.4, 0.5) is 5.69 Å². The van der Waals surface area contributed by atoms with Gasteiger partial charge in [0.2, 0.25) is 15.9 Å². The fourth-order valence-corrected chi connectivity index (χ4v) is 4.74. The van der Waals surface area contributed by atoms with Gasteiger partial charge in [-0.25, -0.2) is 8.42 Å². The van der Waals surface area contributed by atoms with E-state index >= 15 is 0 Å². The summed E-state index contributed by atoms with van der Waals surface area (Å²) >= 11 is 0. The van der Waals surface area contributed by atoms with E-state index in [2.05, 4.69) is 10.6 Å². The van der Waals surface area contributed by atoms with E-state index in [1.165, 1.54) is 11.2 Å². The molecule has 1 heterocycles. The van der Waals surface area contributed by atoms with Gasteiger partial charge in [-0.3, -0.25) is 9.59 Å². The number of nitrogens with one attached hydrogen (secondary N) is 2. The average Bonchev–Trinajstić information content (AvgIpc) is 2.73. The molecule has 3 rings (SSSR count). The molecule has 1 saturated heterocycles. The van der Waals surface area contributed by atoms with Gasteiger partial charge in [-0.2, -0.15) is 4.31 Å². The Morgan fingerprint density at radius 3 is 2.14 bits per heavy atom. The summed E-state index contributed by atoms with van der Waals surface area (Å²) < 4.78 is 26.9. The molecular formula is C21H25N3O4S. The van der Waals surface area contributed by atoms with Crippen molar-refractivity contribution >= 4 is 27.5 Å². The van der Waals surface area contributed by atoms with E-state index in [1.54, 1.807) is 48.5 Å². The van der Waals surface area contributed by atoms with E-state index in [4.69, 9.17) is 0 Å². The Bertz CT molecular complexity index is 964. The number of benzene rings is 2. The number of sulfonamides is 1. The third kappa shape index (κ3) is 5.42. The van der Waals surface area contributed by atoms with Crippen LogP contribution in [0.2, 0.25) is 0 Å². The van der Waals surface area contributed by atoms with Crippen LogP contribution in [-0.2, 0) is 21.4 Å². The van der Waals surface area contributed by atoms with Crippen LogP contribution in [0, 0.1) is 0 Å². The van der Waals surface area contributed by atoms with Crippen molar-refractivity contribution in [2.45, 2.75) is 37.6 Å². The van der Waals surface area contributed by atoms with E-state index in [1.807, 2.05) is 0 Å². The lowest BCUT2D eigenvalue weighted by atomic mass is 10.1. The number of piperidine rings is 1. The Balaban J connectivity index is 1.58. The highest BCUT2D eigenvalue weighted by Gasteiger charge is 2.25. The predicted octanol–water partition coefficient (Wildman–Crippen LogP) is 2.75. The minimum Gasteiger partial charge on any atom is -0.348 e. The molecule has 0 saturated carbocycles. The van der Waals surface area contributed by atoms with E-state index < -0.39 is 10.0 Å². The Morgan fingerprint density at radius 2 is 1.55 bits per heavy atom. The molecule has 1 fully saturated rings. The number of hydrogen-bond donors (Lipinski definition) is 2. The minimum absolute atomic E-state index is 0.173. The number of rotatable bonds is 6. The molecule has 0 unspecified atom stereocenters. The topological polar surface area (TPSA) is 95.6 Å². The highest BCUT2D eigenvalue weighted by Crippen LogP contribution is 2.21. The maximum atomic E-state index is 12.7. The lowest BCUT2D eigenvalue weighted by Gasteiger charge is -2.25. The largest absolute Gasteiger partial charge is 0.348 e. The van der Waals surface area contributed by atoms with Crippen molar-refractivity contribution in [1.82, 2.24) is 9.62 Å². The molecule has 154 valence electrons. The van der Waals surface area contributed by atoms with Crippen molar-refractivity contribution < 1.29 is 18.0 Å². The van der Waals surface area contributed by atoms with Crippen LogP contribution in [0.1, 0.15) is 42.1 Å². The molecule has 0 bridgehead atoms. The molecule has 0 radical (unpaired) electrons. The Kier molecular flexibility index (Phi) is 6.66. The fraction of sp³-hybridized carbons (Fsp3) is 0.333. The summed E-state index contributed by atoms with van der Waals surface area (Å²) in [7, 11) is -3.45. The molecule has 2 aromatic carbocycles. The lowest BCUT2D eigenvalue weighted by Crippen LogP contribution is -2.35. The standard InChI is InChI=1S/C21H25N3O4S/c1-16(25)23-19-9-7-18(8-10-19)21(26)22-15-17-5-11-20(12-6-17)29(27,28)24-13-3-2-4-14-24/h5-12H,2-4,13-15H2,1H3,(H,22,26)(H,23,25). The van der Waals surface area contributed by atoms with E-state index in [9.17, 15) is 18.0 Å². The van der Waals surface area contributed by atoms with Gasteiger partial charge >= 0.3 is 0 Å². The zero-order valence-electron chi connectivity index (χ0n) is 16.3. The molecule has 29 heavy (non-hydrogen) atoms. The SMILES string of the molecule is CC(=O)Nc1ccc(C(=O)NCc2ccc(S(=O)(=O)N3CCCCC3)cc2)cc1. The van der Waals surface area contributed by atoms with Crippen LogP contribution in [-0.4, -0.2) is 37.6 Å². The second-order valence-electron chi connectivity index (χ2n) is 7.05. The van der Waals surface area contributed by atoms with Gasteiger partial charge in [0, 0.05) is 37.8 Å². The third-order valence-corrected chi connectivity index (χ3v) is 6.71. The third-order valence-electron chi connectivity index (χ3n) is 4.80. The summed E-state index contributed by atoms with van der Waals surface area (Å²) in [4.78, 5) is 23.6. The van der Waals surface area contributed by atoms with Gasteiger partial charge in [-0.05, 0) is 54.8 Å². The first-order valence-corrected chi connectivity index (χ1v) is 11.1. The van der Waals surface area contributed by atoms with E-state index in [0.29, 0.717) is 24.3 Å². The molecule has 2 amide bonds. The Morgan fingerprint density at radius 1 is 0.931 bits per heavy atom. The van der Waals surface area contributed by atoms with Crippen molar-refractivity contribution in [3.05, 3.63) is 59.7 Å². The van der Waals surface area contributed by atoms with Gasteiger partial charge in [-0.15, -0.1) is 0 Å². The molecule has 0 atom stereocenters. The van der Waals surface area contributed by atoms with Crippen LogP contribution in [0.3, 0.4) is 0 Å². The van der Waals surface area contributed by atoms with Gasteiger partial charge in [0.25, 0.3) is 5.91 Å². The highest BCUT2D eigenvalue weighted by molar-refractivity contribution is 7.89. The second kappa shape index (κ2) is 9.19. The van der Waals surface area contributed by atoms with Gasteiger partial charge < -0.3 is 10.6 Å². The number of carbonyl (C=O) groups excluding carboxylic acids is 2. The normalized spacial score (nSPS) is 14.9. The van der Waals surface area contributed by atoms with Crippen LogP contribution in [0.25, 0.3) is 0 Å². The van der Waals surface area contributed by atoms with Gasteiger partial charge in [0.1, 0.15) is 0 Å². The van der Waals surface area contributed by atoms with Crippen molar-refractivity contribution in [2.75, 3.05) is 18.4 Å². The summed E-state index contributed by atoms with van der Waals surface area (Å²) in [6, 6.07) is 13.2. The maximum absolute atomic E-state index is 12.7. The summed E-state index contributed by atoms with van der Waals surface area (Å²) in [5.41, 5.74) is 1.91. The molecule has 0 aromatic heterocycles. The number of carbonyl (C=O) groups is 2. The van der Waals surface area contributed by atoms with Crippen molar-refractivity contribution in [3.8, 4) is 0 Å². The maximum Gasteiger partial charge on any atom is 0.251 e. The molecule has 0 aliphatic carbocycles. The smallest absolute Gasteiger partial charge is 0.251 e. The summed E-state index contributed by atoms with van der Waals surface area (Å²) in [5.74, 6) is -0.419. The lowest BCUT2D eigenvalue weighted by molar-refractivity contribution is -0.114. The zero-order valence-corrected chi connectivity index (χ0v) is 17.2. The number of nitrogens with zero attached hydrogens (tertiary/aromatic N) is 1. The molecule has 2 aromatic rings. The minimum atomic E-state index is -3.45. The van der Waals surface area contributed by atoms with E-state index in [-0.39, 0.29) is 23.3 Å². The van der Waals surface area contributed by atoms with E-state index in [0.717, 1.165) is 24.8 Å². The average molecular weight is 416 g/mol. The van der Waals surface area contributed by atoms with Crippen molar-refractivity contribution in [3.63, 3.8) is 0 Å². The van der Waals surface area contributed by atoms with Crippen molar-refractivity contribution in [1.29, 1.82) is 0 Å². The van der Waals surface area contributed by atoms with Crippen molar-refractivity contribution in [2.24, 2.45) is 0 Å². The molecule has 1 aliphatic heterocycles. The van der Waals surface area contributed by atoms with Gasteiger partial charge in [-0.1, -0.05) is 18.6 Å². The zero-order chi connectivity index (χ0) is 20.9. The number of hydrogen-bond acceptors (Lipinski definition) is 4. The van der Waals surface area contributed by atoms with Gasteiger partial charge in [0.05, 0.1) is 4.90 Å². The van der Waals surface area contributed by atoms with Crippen LogP contribution < -0.4 is 10.6 Å². The Labute approximate surface area is 171 Å². The molecule has 0 spiro atoms. The molecule has 2 N–H and O–H groups in total. The summed E-state index contributed by atoms with van der Waals surface area (Å²) in [6.45, 7) is 2.85. The second-order valence-corrected chi connectivity index (χ2v) is 8.99. The van der Waals surface area contributed by atoms with Crippen LogP contribution >= 0.6 is 0 Å². The molecule has 8 heteroatoms. The fourth-order valence-electron chi connectivity index (χ4n) is 3.23. The van der Waals surface area contributed by atoms with Gasteiger partial charge in [0.15, 0.2) is 0 Å². The number of amides is 2. The Hall–Kier alpha value is -2.71. The van der Waals surface area contributed by atoms with Crippen LogP contribution in [0.15, 0.2) is 53.4 Å². The first-order chi connectivity index (χ1) is 13.9. The first kappa shape index (κ1) is 21.0. The molecule has 7 nitrogen and oxygen atoms in total. The predicted molar refractivity (Wildman–Crippen MR) is 111 cm³/mol. The monoisotopic (exact) mass is 415 g/mol. The number of anilines is 1. The highest BCUT2D eigenvalue weighted by atomic mass is 32.2. The van der Waals surface area contributed by atoms with Crippen LogP contribution in [0.5, 0.6) is 0 Å². The molecular weight excluding hydrogens is 390 g/mol.